The molecule has 0 saturated heterocycles. The average Bonchev–Trinajstić information content (AvgIpc) is 2.28. The van der Waals surface area contributed by atoms with Gasteiger partial charge in [0.25, 0.3) is 5.91 Å². The molecule has 17 heavy (non-hydrogen) atoms. The van der Waals surface area contributed by atoms with Crippen molar-refractivity contribution >= 4 is 29.1 Å². The maximum atomic E-state index is 11.7. The van der Waals surface area contributed by atoms with Crippen LogP contribution in [0.2, 0.25) is 10.0 Å². The summed E-state index contributed by atoms with van der Waals surface area (Å²) in [5.74, 6) is -0.198. The molecule has 0 unspecified atom stereocenters. The van der Waals surface area contributed by atoms with Crippen LogP contribution in [0.4, 0.5) is 0 Å². The van der Waals surface area contributed by atoms with Gasteiger partial charge in [-0.25, -0.2) is 0 Å². The van der Waals surface area contributed by atoms with E-state index in [2.05, 4.69) is 5.32 Å². The molecule has 3 nitrogen and oxygen atoms in total. The molecule has 0 radical (unpaired) electrons. The van der Waals surface area contributed by atoms with Gasteiger partial charge in [0.15, 0.2) is 0 Å². The average molecular weight is 276 g/mol. The lowest BCUT2D eigenvalue weighted by molar-refractivity contribution is 0.0953. The number of nitrogens with one attached hydrogen (secondary N) is 1. The zero-order valence-corrected chi connectivity index (χ0v) is 10.9. The van der Waals surface area contributed by atoms with E-state index in [1.807, 2.05) is 0 Å². The third-order valence-electron chi connectivity index (χ3n) is 2.30. The fraction of sp³-hybridized carbons (Fsp3) is 0.417. The summed E-state index contributed by atoms with van der Waals surface area (Å²) in [5.41, 5.74) is 0.429. The number of benzene rings is 1. The summed E-state index contributed by atoms with van der Waals surface area (Å²) < 4.78 is 0. The summed E-state index contributed by atoms with van der Waals surface area (Å²) in [6.07, 6.45) is 2.50. The van der Waals surface area contributed by atoms with E-state index in [0.29, 0.717) is 22.2 Å². The van der Waals surface area contributed by atoms with Crippen molar-refractivity contribution in [2.75, 3.05) is 13.2 Å². The molecule has 0 aliphatic heterocycles. The standard InChI is InChI=1S/C12H15Cl2NO2/c13-9-4-5-10(11(14)8-9)12(17)15-6-2-1-3-7-16/h4-5,8,16H,1-3,6-7H2,(H,15,17). The van der Waals surface area contributed by atoms with Gasteiger partial charge < -0.3 is 10.4 Å². The predicted molar refractivity (Wildman–Crippen MR) is 69.7 cm³/mol. The Morgan fingerprint density at radius 2 is 2.00 bits per heavy atom. The normalized spacial score (nSPS) is 10.3. The van der Waals surface area contributed by atoms with E-state index < -0.39 is 0 Å². The topological polar surface area (TPSA) is 49.3 Å². The smallest absolute Gasteiger partial charge is 0.252 e. The fourth-order valence-corrected chi connectivity index (χ4v) is 1.88. The molecule has 0 heterocycles. The van der Waals surface area contributed by atoms with Crippen molar-refractivity contribution in [1.29, 1.82) is 0 Å². The Bertz CT molecular complexity index is 383. The van der Waals surface area contributed by atoms with Crippen molar-refractivity contribution in [3.63, 3.8) is 0 Å². The zero-order chi connectivity index (χ0) is 12.7. The summed E-state index contributed by atoms with van der Waals surface area (Å²) in [6.45, 7) is 0.773. The van der Waals surface area contributed by atoms with Gasteiger partial charge in [-0.3, -0.25) is 4.79 Å². The number of carbonyl (C=O) groups excluding carboxylic acids is 1. The zero-order valence-electron chi connectivity index (χ0n) is 9.38. The molecule has 1 aromatic carbocycles. The molecule has 0 atom stereocenters. The van der Waals surface area contributed by atoms with Crippen LogP contribution in [0.1, 0.15) is 29.6 Å². The molecule has 0 bridgehead atoms. The Morgan fingerprint density at radius 3 is 2.65 bits per heavy atom. The number of aliphatic hydroxyl groups is 1. The van der Waals surface area contributed by atoms with Crippen LogP contribution in [0.5, 0.6) is 0 Å². The first kappa shape index (κ1) is 14.3. The lowest BCUT2D eigenvalue weighted by Gasteiger charge is -2.06. The van der Waals surface area contributed by atoms with E-state index in [0.717, 1.165) is 19.3 Å². The Kier molecular flexibility index (Phi) is 6.34. The molecule has 1 aromatic rings. The summed E-state index contributed by atoms with van der Waals surface area (Å²) in [5, 5.41) is 12.2. The van der Waals surface area contributed by atoms with E-state index in [4.69, 9.17) is 28.3 Å². The molecule has 0 aromatic heterocycles. The van der Waals surface area contributed by atoms with Gasteiger partial charge in [0.05, 0.1) is 10.6 Å². The number of unbranched alkanes of at least 4 members (excludes halogenated alkanes) is 2. The highest BCUT2D eigenvalue weighted by molar-refractivity contribution is 6.36. The largest absolute Gasteiger partial charge is 0.396 e. The van der Waals surface area contributed by atoms with Crippen molar-refractivity contribution in [3.8, 4) is 0 Å². The highest BCUT2D eigenvalue weighted by Crippen LogP contribution is 2.20. The third-order valence-corrected chi connectivity index (χ3v) is 2.84. The monoisotopic (exact) mass is 275 g/mol. The molecule has 0 spiro atoms. The molecular weight excluding hydrogens is 261 g/mol. The van der Waals surface area contributed by atoms with Gasteiger partial charge in [-0.2, -0.15) is 0 Å². The molecule has 5 heteroatoms. The Balaban J connectivity index is 2.42. The Hall–Kier alpha value is -0.770. The van der Waals surface area contributed by atoms with Gasteiger partial charge in [-0.05, 0) is 37.5 Å². The second-order valence-electron chi connectivity index (χ2n) is 3.66. The van der Waals surface area contributed by atoms with Gasteiger partial charge in [-0.1, -0.05) is 23.2 Å². The van der Waals surface area contributed by atoms with Crippen LogP contribution >= 0.6 is 23.2 Å². The second-order valence-corrected chi connectivity index (χ2v) is 4.51. The number of hydrogen-bond donors (Lipinski definition) is 2. The first-order valence-electron chi connectivity index (χ1n) is 5.49. The Labute approximate surface area is 111 Å². The molecule has 2 N–H and O–H groups in total. The molecule has 1 rings (SSSR count). The maximum absolute atomic E-state index is 11.7. The Morgan fingerprint density at radius 1 is 1.24 bits per heavy atom. The van der Waals surface area contributed by atoms with E-state index >= 15 is 0 Å². The van der Waals surface area contributed by atoms with Crippen LogP contribution in [0, 0.1) is 0 Å². The number of halogens is 2. The van der Waals surface area contributed by atoms with Crippen molar-refractivity contribution < 1.29 is 9.90 Å². The minimum absolute atomic E-state index is 0.191. The van der Waals surface area contributed by atoms with Crippen molar-refractivity contribution in [2.24, 2.45) is 0 Å². The van der Waals surface area contributed by atoms with Crippen LogP contribution in [0.15, 0.2) is 18.2 Å². The van der Waals surface area contributed by atoms with Crippen LogP contribution in [0.3, 0.4) is 0 Å². The lowest BCUT2D eigenvalue weighted by atomic mass is 10.2. The predicted octanol–water partition coefficient (Wildman–Crippen LogP) is 2.89. The molecule has 94 valence electrons. The highest BCUT2D eigenvalue weighted by Gasteiger charge is 2.09. The quantitative estimate of drug-likeness (QED) is 0.785. The molecule has 0 aliphatic carbocycles. The summed E-state index contributed by atoms with van der Waals surface area (Å²) in [4.78, 5) is 11.7. The first-order chi connectivity index (χ1) is 8.15. The van der Waals surface area contributed by atoms with Crippen molar-refractivity contribution in [1.82, 2.24) is 5.32 Å². The minimum Gasteiger partial charge on any atom is -0.396 e. The van der Waals surface area contributed by atoms with Gasteiger partial charge in [0, 0.05) is 18.2 Å². The molecular formula is C12H15Cl2NO2. The van der Waals surface area contributed by atoms with Crippen LogP contribution in [-0.2, 0) is 0 Å². The lowest BCUT2D eigenvalue weighted by Crippen LogP contribution is -2.24. The molecule has 0 saturated carbocycles. The van der Waals surface area contributed by atoms with E-state index in [-0.39, 0.29) is 12.5 Å². The van der Waals surface area contributed by atoms with E-state index in [1.54, 1.807) is 18.2 Å². The number of rotatable bonds is 6. The molecule has 0 aliphatic rings. The van der Waals surface area contributed by atoms with Crippen molar-refractivity contribution in [3.05, 3.63) is 33.8 Å². The highest BCUT2D eigenvalue weighted by atomic mass is 35.5. The minimum atomic E-state index is -0.198. The SMILES string of the molecule is O=C(NCCCCCO)c1ccc(Cl)cc1Cl. The summed E-state index contributed by atoms with van der Waals surface area (Å²) >= 11 is 11.7. The van der Waals surface area contributed by atoms with E-state index in [1.165, 1.54) is 0 Å². The van der Waals surface area contributed by atoms with Gasteiger partial charge in [-0.15, -0.1) is 0 Å². The van der Waals surface area contributed by atoms with Gasteiger partial charge >= 0.3 is 0 Å². The summed E-state index contributed by atoms with van der Waals surface area (Å²) in [7, 11) is 0. The molecule has 1 amide bonds. The number of amides is 1. The second kappa shape index (κ2) is 7.54. The fourth-order valence-electron chi connectivity index (χ4n) is 1.38. The number of carbonyl (C=O) groups is 1. The number of aliphatic hydroxyl groups excluding tert-OH is 1. The van der Waals surface area contributed by atoms with Crippen LogP contribution in [-0.4, -0.2) is 24.2 Å². The van der Waals surface area contributed by atoms with E-state index in [9.17, 15) is 4.79 Å². The molecule has 0 fully saturated rings. The third kappa shape index (κ3) is 4.94. The van der Waals surface area contributed by atoms with Gasteiger partial charge in [0.1, 0.15) is 0 Å². The number of hydrogen-bond acceptors (Lipinski definition) is 2. The maximum Gasteiger partial charge on any atom is 0.252 e. The first-order valence-corrected chi connectivity index (χ1v) is 6.25. The van der Waals surface area contributed by atoms with Crippen LogP contribution < -0.4 is 5.32 Å². The van der Waals surface area contributed by atoms with Crippen LogP contribution in [0.25, 0.3) is 0 Å². The summed E-state index contributed by atoms with van der Waals surface area (Å²) in [6, 6.07) is 4.78. The van der Waals surface area contributed by atoms with Gasteiger partial charge in [0.2, 0.25) is 0 Å². The van der Waals surface area contributed by atoms with Crippen molar-refractivity contribution in [2.45, 2.75) is 19.3 Å².